The molecule has 1 heterocycles. The predicted octanol–water partition coefficient (Wildman–Crippen LogP) is 4.77. The van der Waals surface area contributed by atoms with E-state index in [0.29, 0.717) is 6.04 Å². The lowest BCUT2D eigenvalue weighted by atomic mass is 9.64. The third-order valence-electron chi connectivity index (χ3n) is 5.27. The Bertz CT molecular complexity index is 662. The minimum Gasteiger partial charge on any atom is -0.312 e. The van der Waals surface area contributed by atoms with Crippen LogP contribution in [0.4, 0.5) is 0 Å². The first-order valence-electron chi connectivity index (χ1n) is 8.82. The summed E-state index contributed by atoms with van der Waals surface area (Å²) in [6, 6.07) is 33.3. The van der Waals surface area contributed by atoms with Gasteiger partial charge in [0.1, 0.15) is 0 Å². The van der Waals surface area contributed by atoms with Gasteiger partial charge in [0.15, 0.2) is 0 Å². The molecule has 120 valence electrons. The molecule has 3 aromatic carbocycles. The van der Waals surface area contributed by atoms with Crippen LogP contribution in [0.2, 0.25) is 0 Å². The van der Waals surface area contributed by atoms with Crippen LogP contribution in [0.15, 0.2) is 91.0 Å². The largest absolute Gasteiger partial charge is 0.312 e. The SMILES string of the molecule is c1ccc(C(c2ccccc2)(c2ccccc2)C2CCCN2)cc1. The quantitative estimate of drug-likeness (QED) is 0.684. The van der Waals surface area contributed by atoms with Crippen molar-refractivity contribution in [2.24, 2.45) is 0 Å². The number of benzene rings is 3. The topological polar surface area (TPSA) is 12.0 Å². The molecule has 1 nitrogen and oxygen atoms in total. The number of hydrogen-bond acceptors (Lipinski definition) is 1. The van der Waals surface area contributed by atoms with Crippen LogP contribution in [0.25, 0.3) is 0 Å². The van der Waals surface area contributed by atoms with Crippen molar-refractivity contribution >= 4 is 0 Å². The smallest absolute Gasteiger partial charge is 0.0604 e. The van der Waals surface area contributed by atoms with Crippen molar-refractivity contribution in [3.63, 3.8) is 0 Å². The molecule has 1 unspecified atom stereocenters. The van der Waals surface area contributed by atoms with Crippen molar-refractivity contribution in [3.8, 4) is 0 Å². The molecule has 0 amide bonds. The molecule has 1 aliphatic heterocycles. The van der Waals surface area contributed by atoms with Crippen LogP contribution in [-0.4, -0.2) is 12.6 Å². The Kier molecular flexibility index (Phi) is 4.18. The number of hydrogen-bond donors (Lipinski definition) is 1. The molecule has 0 aliphatic carbocycles. The lowest BCUT2D eigenvalue weighted by molar-refractivity contribution is 0.435. The Labute approximate surface area is 144 Å². The monoisotopic (exact) mass is 313 g/mol. The third-order valence-corrected chi connectivity index (χ3v) is 5.27. The summed E-state index contributed by atoms with van der Waals surface area (Å²) in [6.45, 7) is 1.10. The molecule has 1 heteroatoms. The van der Waals surface area contributed by atoms with Gasteiger partial charge in [0, 0.05) is 6.04 Å². The lowest BCUT2D eigenvalue weighted by Gasteiger charge is -2.41. The number of nitrogens with one attached hydrogen (secondary N) is 1. The Hall–Kier alpha value is -2.38. The maximum atomic E-state index is 3.79. The Morgan fingerprint density at radius 2 is 1.04 bits per heavy atom. The molecule has 0 saturated carbocycles. The molecule has 0 radical (unpaired) electrons. The summed E-state index contributed by atoms with van der Waals surface area (Å²) in [5.74, 6) is 0. The summed E-state index contributed by atoms with van der Waals surface area (Å²) in [5.41, 5.74) is 3.94. The van der Waals surface area contributed by atoms with Crippen LogP contribution in [0.3, 0.4) is 0 Å². The Morgan fingerprint density at radius 1 is 0.625 bits per heavy atom. The van der Waals surface area contributed by atoms with E-state index in [2.05, 4.69) is 96.3 Å². The molecule has 1 atom stereocenters. The van der Waals surface area contributed by atoms with Gasteiger partial charge >= 0.3 is 0 Å². The fraction of sp³-hybridized carbons (Fsp3) is 0.217. The average Bonchev–Trinajstić information content (AvgIpc) is 3.20. The fourth-order valence-corrected chi connectivity index (χ4v) is 4.26. The van der Waals surface area contributed by atoms with Gasteiger partial charge in [0.05, 0.1) is 5.41 Å². The molecule has 3 aromatic rings. The van der Waals surface area contributed by atoms with Crippen molar-refractivity contribution in [3.05, 3.63) is 108 Å². The van der Waals surface area contributed by atoms with E-state index in [1.807, 2.05) is 0 Å². The van der Waals surface area contributed by atoms with Crippen LogP contribution < -0.4 is 5.32 Å². The standard InChI is InChI=1S/C23H23N/c1-4-11-19(12-5-1)23(22-17-10-18-24-22,20-13-6-2-7-14-20)21-15-8-3-9-16-21/h1-9,11-16,22,24H,10,17-18H2. The van der Waals surface area contributed by atoms with Crippen molar-refractivity contribution in [2.75, 3.05) is 6.54 Å². The average molecular weight is 313 g/mol. The first-order chi connectivity index (χ1) is 11.9. The van der Waals surface area contributed by atoms with E-state index < -0.39 is 0 Å². The zero-order valence-corrected chi connectivity index (χ0v) is 13.9. The number of rotatable bonds is 4. The molecule has 4 rings (SSSR count). The van der Waals surface area contributed by atoms with E-state index >= 15 is 0 Å². The highest BCUT2D eigenvalue weighted by atomic mass is 15.0. The first kappa shape index (κ1) is 15.2. The highest BCUT2D eigenvalue weighted by molar-refractivity contribution is 5.52. The van der Waals surface area contributed by atoms with Crippen LogP contribution in [0.5, 0.6) is 0 Å². The minimum absolute atomic E-state index is 0.152. The van der Waals surface area contributed by atoms with Gasteiger partial charge < -0.3 is 5.32 Å². The fourth-order valence-electron chi connectivity index (χ4n) is 4.26. The summed E-state index contributed by atoms with van der Waals surface area (Å²) in [7, 11) is 0. The van der Waals surface area contributed by atoms with E-state index in [1.54, 1.807) is 0 Å². The molecule has 0 aromatic heterocycles. The van der Waals surface area contributed by atoms with E-state index in [4.69, 9.17) is 0 Å². The van der Waals surface area contributed by atoms with Gasteiger partial charge in [-0.25, -0.2) is 0 Å². The molecule has 0 bridgehead atoms. The summed E-state index contributed by atoms with van der Waals surface area (Å²) in [5, 5.41) is 3.79. The summed E-state index contributed by atoms with van der Waals surface area (Å²) in [6.07, 6.45) is 2.43. The molecule has 1 saturated heterocycles. The van der Waals surface area contributed by atoms with Gasteiger partial charge in [0.25, 0.3) is 0 Å². The van der Waals surface area contributed by atoms with E-state index in [9.17, 15) is 0 Å². The van der Waals surface area contributed by atoms with E-state index in [-0.39, 0.29) is 5.41 Å². The zero-order chi connectivity index (χ0) is 16.2. The van der Waals surface area contributed by atoms with Crippen LogP contribution >= 0.6 is 0 Å². The van der Waals surface area contributed by atoms with Crippen molar-refractivity contribution < 1.29 is 0 Å². The van der Waals surface area contributed by atoms with Crippen molar-refractivity contribution in [1.82, 2.24) is 5.32 Å². The van der Waals surface area contributed by atoms with Crippen LogP contribution in [-0.2, 0) is 5.41 Å². The summed E-state index contributed by atoms with van der Waals surface area (Å²) in [4.78, 5) is 0. The predicted molar refractivity (Wildman–Crippen MR) is 100 cm³/mol. The molecular weight excluding hydrogens is 290 g/mol. The van der Waals surface area contributed by atoms with Crippen molar-refractivity contribution in [2.45, 2.75) is 24.3 Å². The molecule has 1 N–H and O–H groups in total. The highest BCUT2D eigenvalue weighted by Gasteiger charge is 2.44. The maximum absolute atomic E-state index is 3.79. The second-order valence-corrected chi connectivity index (χ2v) is 6.56. The van der Waals surface area contributed by atoms with Gasteiger partial charge in [0.2, 0.25) is 0 Å². The maximum Gasteiger partial charge on any atom is 0.0604 e. The second kappa shape index (κ2) is 6.62. The molecule has 1 fully saturated rings. The molecule has 24 heavy (non-hydrogen) atoms. The second-order valence-electron chi connectivity index (χ2n) is 6.56. The van der Waals surface area contributed by atoms with Gasteiger partial charge in [-0.1, -0.05) is 91.0 Å². The van der Waals surface area contributed by atoms with Gasteiger partial charge in [-0.15, -0.1) is 0 Å². The Balaban J connectivity index is 2.03. The van der Waals surface area contributed by atoms with Gasteiger partial charge in [-0.05, 0) is 36.1 Å². The van der Waals surface area contributed by atoms with Gasteiger partial charge in [-0.2, -0.15) is 0 Å². The summed E-state index contributed by atoms with van der Waals surface area (Å²) >= 11 is 0. The molecule has 0 spiro atoms. The molecule has 1 aliphatic rings. The normalized spacial score (nSPS) is 17.8. The van der Waals surface area contributed by atoms with Crippen LogP contribution in [0, 0.1) is 0 Å². The van der Waals surface area contributed by atoms with E-state index in [0.717, 1.165) is 6.54 Å². The third kappa shape index (κ3) is 2.46. The van der Waals surface area contributed by atoms with Crippen LogP contribution in [0.1, 0.15) is 29.5 Å². The first-order valence-corrected chi connectivity index (χ1v) is 8.82. The van der Waals surface area contributed by atoms with Crippen molar-refractivity contribution in [1.29, 1.82) is 0 Å². The lowest BCUT2D eigenvalue weighted by Crippen LogP contribution is -2.47. The molecular formula is C23H23N. The summed E-state index contributed by atoms with van der Waals surface area (Å²) < 4.78 is 0. The Morgan fingerprint density at radius 3 is 1.38 bits per heavy atom. The highest BCUT2D eigenvalue weighted by Crippen LogP contribution is 2.44. The zero-order valence-electron chi connectivity index (χ0n) is 13.9. The minimum atomic E-state index is -0.152. The van der Waals surface area contributed by atoms with E-state index in [1.165, 1.54) is 29.5 Å². The van der Waals surface area contributed by atoms with Gasteiger partial charge in [-0.3, -0.25) is 0 Å².